The van der Waals surface area contributed by atoms with E-state index >= 15 is 0 Å². The second-order valence-corrected chi connectivity index (χ2v) is 18.1. The van der Waals surface area contributed by atoms with E-state index in [-0.39, 0.29) is 47.9 Å². The van der Waals surface area contributed by atoms with E-state index in [0.29, 0.717) is 49.6 Å². The Morgan fingerprint density at radius 3 is 1.78 bits per heavy atom. The molecule has 2 aromatic rings. The summed E-state index contributed by atoms with van der Waals surface area (Å²) in [6.07, 6.45) is 12.0. The van der Waals surface area contributed by atoms with Gasteiger partial charge < -0.3 is 20.1 Å². The quantitative estimate of drug-likeness (QED) is 0.287. The van der Waals surface area contributed by atoms with Crippen LogP contribution in [0.3, 0.4) is 0 Å². The lowest BCUT2D eigenvalue weighted by Crippen LogP contribution is -2.58. The van der Waals surface area contributed by atoms with Crippen molar-refractivity contribution in [1.29, 1.82) is 0 Å². The molecular weight excluding hydrogens is 693 g/mol. The molecule has 2 aromatic carbocycles. The molecule has 6 fully saturated rings. The van der Waals surface area contributed by atoms with Crippen molar-refractivity contribution in [3.63, 3.8) is 0 Å². The molecule has 4 amide bonds. The van der Waals surface area contributed by atoms with Gasteiger partial charge in [-0.05, 0) is 129 Å². The van der Waals surface area contributed by atoms with Gasteiger partial charge >= 0.3 is 12.2 Å². The molecule has 2 saturated heterocycles. The summed E-state index contributed by atoms with van der Waals surface area (Å²) in [6, 6.07) is 18.6. The van der Waals surface area contributed by atoms with E-state index in [0.717, 1.165) is 62.5 Å². The summed E-state index contributed by atoms with van der Waals surface area (Å²) in [7, 11) is 0. The number of carbonyl (C=O) groups is 4. The first-order chi connectivity index (χ1) is 26.6. The zero-order valence-corrected chi connectivity index (χ0v) is 32.8. The smallest absolute Gasteiger partial charge is 0.410 e. The van der Waals surface area contributed by atoms with Crippen molar-refractivity contribution >= 4 is 24.0 Å². The molecule has 55 heavy (non-hydrogen) atoms. The number of nitrogens with zero attached hydrogens (tertiary/aromatic N) is 2. The first-order valence-electron chi connectivity index (χ1n) is 21.2. The van der Waals surface area contributed by atoms with Crippen LogP contribution in [0, 0.1) is 34.5 Å². The molecular formula is C45H60N4O6. The van der Waals surface area contributed by atoms with Gasteiger partial charge in [-0.15, -0.1) is 0 Å². The number of nitrogens with one attached hydrogen (secondary N) is 2. The Morgan fingerprint density at radius 1 is 0.636 bits per heavy atom. The van der Waals surface area contributed by atoms with E-state index in [9.17, 15) is 19.2 Å². The summed E-state index contributed by atoms with van der Waals surface area (Å²) in [5.74, 6) is 2.40. The minimum Gasteiger partial charge on any atom is -0.445 e. The van der Waals surface area contributed by atoms with Gasteiger partial charge in [0.2, 0.25) is 11.8 Å². The fraction of sp³-hybridized carbons (Fsp3) is 0.644. The molecule has 296 valence electrons. The molecule has 6 aliphatic rings. The van der Waals surface area contributed by atoms with Crippen LogP contribution >= 0.6 is 0 Å². The van der Waals surface area contributed by atoms with Gasteiger partial charge in [0.15, 0.2) is 0 Å². The third-order valence-electron chi connectivity index (χ3n) is 15.3. The molecule has 2 heterocycles. The fourth-order valence-electron chi connectivity index (χ4n) is 12.3. The topological polar surface area (TPSA) is 117 Å². The van der Waals surface area contributed by atoms with Crippen molar-refractivity contribution in [3.05, 3.63) is 71.8 Å². The number of hydrogen-bond donors (Lipinski definition) is 2. The number of amides is 4. The highest BCUT2D eigenvalue weighted by Gasteiger charge is 2.60. The molecule has 10 nitrogen and oxygen atoms in total. The SMILES string of the molecule is C[C@]12CC[C@H](NC(=O)[C@@H]3CCCN3C(=O)OCc3ccccc3)C[C@@H]1CC[C@@H]1[C@@H]2CC[C@]2(C)[C@@H](NC(=O)[C@@H]3CCCN3C(=O)OCc3ccccc3)CC[C@@H]12. The highest BCUT2D eigenvalue weighted by atomic mass is 16.6. The number of rotatable bonds is 8. The lowest BCUT2D eigenvalue weighted by molar-refractivity contribution is -0.131. The normalized spacial score (nSPS) is 35.2. The van der Waals surface area contributed by atoms with Gasteiger partial charge in [-0.25, -0.2) is 9.59 Å². The molecule has 0 spiro atoms. The molecule has 0 unspecified atom stereocenters. The van der Waals surface area contributed by atoms with Crippen molar-refractivity contribution in [1.82, 2.24) is 20.4 Å². The molecule has 0 bridgehead atoms. The van der Waals surface area contributed by atoms with E-state index in [4.69, 9.17) is 9.47 Å². The van der Waals surface area contributed by atoms with Crippen molar-refractivity contribution < 1.29 is 28.7 Å². The zero-order valence-electron chi connectivity index (χ0n) is 32.8. The highest BCUT2D eigenvalue weighted by molar-refractivity contribution is 5.87. The Morgan fingerprint density at radius 2 is 1.18 bits per heavy atom. The summed E-state index contributed by atoms with van der Waals surface area (Å²) in [5.41, 5.74) is 2.17. The van der Waals surface area contributed by atoms with Crippen LogP contribution in [0.1, 0.15) is 108 Å². The Kier molecular flexibility index (Phi) is 10.9. The Labute approximate surface area is 326 Å². The van der Waals surface area contributed by atoms with E-state index in [1.165, 1.54) is 19.3 Å². The molecule has 2 N–H and O–H groups in total. The van der Waals surface area contributed by atoms with Crippen molar-refractivity contribution in [2.75, 3.05) is 13.1 Å². The molecule has 10 heteroatoms. The predicted molar refractivity (Wildman–Crippen MR) is 208 cm³/mol. The third-order valence-corrected chi connectivity index (χ3v) is 15.3. The summed E-state index contributed by atoms with van der Waals surface area (Å²) < 4.78 is 11.2. The van der Waals surface area contributed by atoms with Gasteiger partial charge in [0.05, 0.1) is 0 Å². The molecule has 10 atom stereocenters. The minimum atomic E-state index is -0.475. The number of hydrogen-bond acceptors (Lipinski definition) is 6. The maximum atomic E-state index is 13.8. The maximum Gasteiger partial charge on any atom is 0.410 e. The average molecular weight is 753 g/mol. The second kappa shape index (κ2) is 15.8. The summed E-state index contributed by atoms with van der Waals surface area (Å²) in [6.45, 7) is 6.48. The van der Waals surface area contributed by atoms with Gasteiger partial charge in [-0.1, -0.05) is 74.5 Å². The van der Waals surface area contributed by atoms with Gasteiger partial charge in [-0.2, -0.15) is 0 Å². The van der Waals surface area contributed by atoms with Crippen molar-refractivity contribution in [3.8, 4) is 0 Å². The summed E-state index contributed by atoms with van der Waals surface area (Å²) in [4.78, 5) is 56.8. The number of fused-ring (bicyclic) bond motifs is 5. The Balaban J connectivity index is 0.839. The largest absolute Gasteiger partial charge is 0.445 e. The summed E-state index contributed by atoms with van der Waals surface area (Å²) >= 11 is 0. The predicted octanol–water partition coefficient (Wildman–Crippen LogP) is 7.60. The lowest BCUT2D eigenvalue weighted by atomic mass is 9.45. The number of carbonyl (C=O) groups excluding carboxylic acids is 4. The van der Waals surface area contributed by atoms with E-state index in [1.54, 1.807) is 9.80 Å². The standard InChI is InChI=1S/C45H60N4O6/c1-44-23-21-33(46-40(50)37-15-9-25-48(37)42(52)54-28-30-11-5-3-6-12-30)27-32(44)17-18-34-35-19-20-39(45(35,2)24-22-36(34)44)47-41(51)38-16-10-26-49(38)43(53)55-29-31-13-7-4-8-14-31/h3-8,11-14,32-39H,9-10,15-29H2,1-2H3,(H,46,50)(H,47,51)/t32-,33-,34-,35-,36-,37-,38-,39-,44-,45-/m0/s1. The van der Waals surface area contributed by atoms with Crippen LogP contribution in [0.25, 0.3) is 0 Å². The minimum absolute atomic E-state index is 0.0241. The van der Waals surface area contributed by atoms with Crippen LogP contribution in [0.15, 0.2) is 60.7 Å². The van der Waals surface area contributed by atoms with E-state index < -0.39 is 24.3 Å². The van der Waals surface area contributed by atoms with Crippen LogP contribution in [0.2, 0.25) is 0 Å². The molecule has 8 rings (SSSR count). The highest BCUT2D eigenvalue weighted by Crippen LogP contribution is 2.66. The molecule has 0 aromatic heterocycles. The average Bonchev–Trinajstić information content (AvgIpc) is 3.97. The van der Waals surface area contributed by atoms with Crippen molar-refractivity contribution in [2.45, 2.75) is 135 Å². The Hall–Kier alpha value is -4.08. The van der Waals surface area contributed by atoms with Crippen LogP contribution in [-0.2, 0) is 32.3 Å². The molecule has 4 saturated carbocycles. The first kappa shape index (κ1) is 37.8. The van der Waals surface area contributed by atoms with Crippen LogP contribution in [0.5, 0.6) is 0 Å². The van der Waals surface area contributed by atoms with Crippen LogP contribution in [-0.4, -0.2) is 71.1 Å². The monoisotopic (exact) mass is 752 g/mol. The first-order valence-corrected chi connectivity index (χ1v) is 21.2. The van der Waals surface area contributed by atoms with Gasteiger partial charge in [0, 0.05) is 25.2 Å². The number of likely N-dealkylation sites (tertiary alicyclic amines) is 2. The Bertz CT molecular complexity index is 1710. The molecule has 4 aliphatic carbocycles. The zero-order chi connectivity index (χ0) is 38.2. The van der Waals surface area contributed by atoms with E-state index in [1.807, 2.05) is 60.7 Å². The third kappa shape index (κ3) is 7.46. The van der Waals surface area contributed by atoms with Gasteiger partial charge in [0.25, 0.3) is 0 Å². The van der Waals surface area contributed by atoms with E-state index in [2.05, 4.69) is 24.5 Å². The van der Waals surface area contributed by atoms with Crippen LogP contribution < -0.4 is 10.6 Å². The maximum absolute atomic E-state index is 13.8. The fourth-order valence-corrected chi connectivity index (χ4v) is 12.3. The second-order valence-electron chi connectivity index (χ2n) is 18.1. The van der Waals surface area contributed by atoms with Gasteiger partial charge in [0.1, 0.15) is 25.3 Å². The number of ether oxygens (including phenoxy) is 2. The lowest BCUT2D eigenvalue weighted by Gasteiger charge is -2.61. The van der Waals surface area contributed by atoms with Crippen LogP contribution in [0.4, 0.5) is 9.59 Å². The summed E-state index contributed by atoms with van der Waals surface area (Å²) in [5, 5.41) is 6.89. The van der Waals surface area contributed by atoms with Gasteiger partial charge in [-0.3, -0.25) is 19.4 Å². The molecule has 2 aliphatic heterocycles. The number of benzene rings is 2. The molecule has 0 radical (unpaired) electrons. The van der Waals surface area contributed by atoms with Crippen molar-refractivity contribution in [2.24, 2.45) is 34.5 Å².